The van der Waals surface area contributed by atoms with Gasteiger partial charge in [-0.1, -0.05) is 17.4 Å². The Morgan fingerprint density at radius 3 is 2.46 bits per heavy atom. The van der Waals surface area contributed by atoms with Gasteiger partial charge < -0.3 is 14.0 Å². The lowest BCUT2D eigenvalue weighted by molar-refractivity contribution is 0.342. The van der Waals surface area contributed by atoms with E-state index in [2.05, 4.69) is 4.40 Å². The van der Waals surface area contributed by atoms with Crippen molar-refractivity contribution in [3.8, 4) is 11.5 Å². The van der Waals surface area contributed by atoms with Crippen molar-refractivity contribution >= 4 is 31.6 Å². The van der Waals surface area contributed by atoms with Gasteiger partial charge in [-0.25, -0.2) is 0 Å². The molecule has 138 valence electrons. The molecule has 3 aromatic rings. The predicted octanol–water partition coefficient (Wildman–Crippen LogP) is 3.42. The number of aryl methyl sites for hydroxylation is 1. The van der Waals surface area contributed by atoms with Crippen molar-refractivity contribution in [1.82, 2.24) is 4.57 Å². The van der Waals surface area contributed by atoms with Crippen molar-refractivity contribution in [2.45, 2.75) is 25.3 Å². The molecule has 1 aromatic heterocycles. The lowest BCUT2D eigenvalue weighted by Crippen LogP contribution is -2.16. The number of sulfonamides is 1. The van der Waals surface area contributed by atoms with Crippen LogP contribution in [0.5, 0.6) is 11.5 Å². The third kappa shape index (κ3) is 3.47. The van der Waals surface area contributed by atoms with Gasteiger partial charge in [0.2, 0.25) is 4.80 Å². The van der Waals surface area contributed by atoms with Gasteiger partial charge in [-0.2, -0.15) is 8.42 Å². The summed E-state index contributed by atoms with van der Waals surface area (Å²) in [7, 11) is -2.29. The topological polar surface area (TPSA) is 69.9 Å². The number of rotatable bonds is 6. The summed E-state index contributed by atoms with van der Waals surface area (Å²) in [4.78, 5) is 0.550. The lowest BCUT2D eigenvalue weighted by Gasteiger charge is -2.07. The first-order valence-corrected chi connectivity index (χ1v) is 10.5. The summed E-state index contributed by atoms with van der Waals surface area (Å²) in [5, 5.41) is 0. The van der Waals surface area contributed by atoms with Gasteiger partial charge in [-0.3, -0.25) is 0 Å². The van der Waals surface area contributed by atoms with Gasteiger partial charge in [-0.15, -0.1) is 4.40 Å². The number of thiazole rings is 1. The average Bonchev–Trinajstić information content (AvgIpc) is 2.99. The van der Waals surface area contributed by atoms with Crippen LogP contribution in [0.3, 0.4) is 0 Å². The zero-order valence-electron chi connectivity index (χ0n) is 14.8. The van der Waals surface area contributed by atoms with Gasteiger partial charge >= 0.3 is 0 Å². The molecule has 0 radical (unpaired) electrons. The summed E-state index contributed by atoms with van der Waals surface area (Å²) < 4.78 is 43.1. The summed E-state index contributed by atoms with van der Waals surface area (Å²) in [5.41, 5.74) is 0.866. The molecule has 0 amide bonds. The number of methoxy groups -OCH3 is 1. The van der Waals surface area contributed by atoms with E-state index in [9.17, 15) is 8.42 Å². The SMILES string of the molecule is CCOc1cccc2sc(=NS(=O)(=O)c3ccc(OC)cc3)n(CC)c12. The highest BCUT2D eigenvalue weighted by molar-refractivity contribution is 7.90. The molecule has 2 aromatic carbocycles. The number of hydrogen-bond acceptors (Lipinski definition) is 5. The third-order valence-corrected chi connectivity index (χ3v) is 6.28. The first-order chi connectivity index (χ1) is 12.5. The van der Waals surface area contributed by atoms with Crippen LogP contribution in [0.1, 0.15) is 13.8 Å². The van der Waals surface area contributed by atoms with E-state index in [1.165, 1.54) is 30.6 Å². The Labute approximate surface area is 156 Å². The zero-order valence-corrected chi connectivity index (χ0v) is 16.4. The van der Waals surface area contributed by atoms with E-state index < -0.39 is 10.0 Å². The molecule has 0 aliphatic heterocycles. The second-order valence-electron chi connectivity index (χ2n) is 5.41. The monoisotopic (exact) mass is 392 g/mol. The number of aromatic nitrogens is 1. The van der Waals surface area contributed by atoms with Gasteiger partial charge in [0.1, 0.15) is 17.0 Å². The van der Waals surface area contributed by atoms with Gasteiger partial charge in [0.25, 0.3) is 10.0 Å². The van der Waals surface area contributed by atoms with E-state index in [1.54, 1.807) is 12.1 Å². The molecular weight excluding hydrogens is 372 g/mol. The fourth-order valence-electron chi connectivity index (χ4n) is 2.64. The number of hydrogen-bond donors (Lipinski definition) is 0. The maximum absolute atomic E-state index is 12.7. The highest BCUT2D eigenvalue weighted by atomic mass is 32.2. The molecule has 0 saturated carbocycles. The van der Waals surface area contributed by atoms with Crippen molar-refractivity contribution in [1.29, 1.82) is 0 Å². The van der Waals surface area contributed by atoms with E-state index in [0.717, 1.165) is 16.0 Å². The average molecular weight is 393 g/mol. The number of nitrogens with zero attached hydrogens (tertiary/aromatic N) is 2. The van der Waals surface area contributed by atoms with E-state index >= 15 is 0 Å². The van der Waals surface area contributed by atoms with E-state index in [0.29, 0.717) is 23.7 Å². The van der Waals surface area contributed by atoms with Crippen LogP contribution in [0.2, 0.25) is 0 Å². The van der Waals surface area contributed by atoms with E-state index in [4.69, 9.17) is 9.47 Å². The summed E-state index contributed by atoms with van der Waals surface area (Å²) in [6.07, 6.45) is 0. The molecule has 0 N–H and O–H groups in total. The minimum absolute atomic E-state index is 0.128. The molecule has 0 bridgehead atoms. The number of fused-ring (bicyclic) bond motifs is 1. The molecular formula is C18H20N2O4S2. The molecule has 8 heteroatoms. The lowest BCUT2D eigenvalue weighted by atomic mass is 10.3. The number of benzene rings is 2. The standard InChI is InChI=1S/C18H20N2O4S2/c1-4-20-17-15(24-5-2)7-6-8-16(17)25-18(20)19-26(21,22)14-11-9-13(23-3)10-12-14/h6-12H,4-5H2,1-3H3. The van der Waals surface area contributed by atoms with Crippen LogP contribution >= 0.6 is 11.3 Å². The maximum Gasteiger partial charge on any atom is 0.285 e. The minimum atomic E-state index is -3.83. The molecule has 0 aliphatic carbocycles. The summed E-state index contributed by atoms with van der Waals surface area (Å²) in [6.45, 7) is 4.99. The molecule has 1 heterocycles. The molecule has 0 spiro atoms. The smallest absolute Gasteiger partial charge is 0.285 e. The first kappa shape index (κ1) is 18.5. The van der Waals surface area contributed by atoms with Crippen molar-refractivity contribution in [3.63, 3.8) is 0 Å². The highest BCUT2D eigenvalue weighted by Gasteiger charge is 2.16. The van der Waals surface area contributed by atoms with E-state index in [1.807, 2.05) is 36.6 Å². The largest absolute Gasteiger partial charge is 0.497 e. The Balaban J connectivity index is 2.18. The molecule has 6 nitrogen and oxygen atoms in total. The Hall–Kier alpha value is -2.32. The van der Waals surface area contributed by atoms with E-state index in [-0.39, 0.29) is 4.90 Å². The fourth-order valence-corrected chi connectivity index (χ4v) is 4.95. The Bertz CT molecular complexity index is 1080. The zero-order chi connectivity index (χ0) is 18.7. The minimum Gasteiger partial charge on any atom is -0.497 e. The normalized spacial score (nSPS) is 12.5. The van der Waals surface area contributed by atoms with Crippen LogP contribution in [-0.2, 0) is 16.6 Å². The summed E-state index contributed by atoms with van der Waals surface area (Å²) >= 11 is 1.33. The van der Waals surface area contributed by atoms with Crippen molar-refractivity contribution < 1.29 is 17.9 Å². The molecule has 3 rings (SSSR count). The summed E-state index contributed by atoms with van der Waals surface area (Å²) in [5.74, 6) is 1.32. The number of para-hydroxylation sites is 1. The molecule has 26 heavy (non-hydrogen) atoms. The molecule has 0 saturated heterocycles. The molecule has 0 fully saturated rings. The first-order valence-electron chi connectivity index (χ1n) is 8.20. The summed E-state index contributed by atoms with van der Waals surface area (Å²) in [6, 6.07) is 11.9. The fraction of sp³-hybridized carbons (Fsp3) is 0.278. The van der Waals surface area contributed by atoms with Crippen molar-refractivity contribution in [2.75, 3.05) is 13.7 Å². The second-order valence-corrected chi connectivity index (χ2v) is 8.02. The Morgan fingerprint density at radius 1 is 1.12 bits per heavy atom. The van der Waals surface area contributed by atoms with Gasteiger partial charge in [0.15, 0.2) is 0 Å². The second kappa shape index (κ2) is 7.51. The molecule has 0 aliphatic rings. The quantitative estimate of drug-likeness (QED) is 0.644. The molecule has 0 unspecified atom stereocenters. The third-order valence-electron chi connectivity index (χ3n) is 3.84. The van der Waals surface area contributed by atoms with Crippen LogP contribution in [0, 0.1) is 0 Å². The Kier molecular flexibility index (Phi) is 5.33. The van der Waals surface area contributed by atoms with Crippen LogP contribution in [0.15, 0.2) is 51.8 Å². The van der Waals surface area contributed by atoms with Crippen LogP contribution < -0.4 is 14.3 Å². The van der Waals surface area contributed by atoms with Gasteiger partial charge in [-0.05, 0) is 50.2 Å². The van der Waals surface area contributed by atoms with Crippen molar-refractivity contribution in [2.24, 2.45) is 4.40 Å². The van der Waals surface area contributed by atoms with Gasteiger partial charge in [0, 0.05) is 6.54 Å². The van der Waals surface area contributed by atoms with Crippen LogP contribution in [0.25, 0.3) is 10.2 Å². The van der Waals surface area contributed by atoms with Crippen LogP contribution in [0.4, 0.5) is 0 Å². The highest BCUT2D eigenvalue weighted by Crippen LogP contribution is 2.28. The number of ether oxygens (including phenoxy) is 2. The van der Waals surface area contributed by atoms with Gasteiger partial charge in [0.05, 0.1) is 23.3 Å². The Morgan fingerprint density at radius 2 is 1.85 bits per heavy atom. The van der Waals surface area contributed by atoms with Crippen molar-refractivity contribution in [3.05, 3.63) is 47.3 Å². The predicted molar refractivity (Wildman–Crippen MR) is 102 cm³/mol. The van der Waals surface area contributed by atoms with Crippen LogP contribution in [-0.4, -0.2) is 26.7 Å². The molecule has 0 atom stereocenters. The maximum atomic E-state index is 12.7.